The summed E-state index contributed by atoms with van der Waals surface area (Å²) in [7, 11) is -2.81. The summed E-state index contributed by atoms with van der Waals surface area (Å²) in [6, 6.07) is 10.9. The molecule has 12 nitrogen and oxygen atoms in total. The molecule has 0 spiro atoms. The van der Waals surface area contributed by atoms with E-state index in [1.807, 2.05) is 18.2 Å². The van der Waals surface area contributed by atoms with Gasteiger partial charge in [0.1, 0.15) is 0 Å². The summed E-state index contributed by atoms with van der Waals surface area (Å²) in [5.41, 5.74) is 3.44. The van der Waals surface area contributed by atoms with Crippen molar-refractivity contribution in [2.75, 3.05) is 36.5 Å². The summed E-state index contributed by atoms with van der Waals surface area (Å²) in [5.74, 6) is -1.42. The minimum absolute atomic E-state index is 0.0993. The zero-order valence-electron chi connectivity index (χ0n) is 22.6. The number of hydrogen-bond donors (Lipinski definition) is 4. The number of carbonyl (C=O) groups is 3. The fraction of sp³-hybridized carbons (Fsp3) is 0.357. The number of nitrogens with zero attached hydrogens (tertiary/aromatic N) is 3. The number of furan rings is 1. The molecule has 0 radical (unpaired) electrons. The van der Waals surface area contributed by atoms with Crippen LogP contribution in [0.1, 0.15) is 44.0 Å². The number of benzene rings is 1. The highest BCUT2D eigenvalue weighted by Gasteiger charge is 2.26. The number of aliphatic hydroxyl groups excluding tert-OH is 1. The van der Waals surface area contributed by atoms with E-state index in [4.69, 9.17) is 9.52 Å². The van der Waals surface area contributed by atoms with Gasteiger partial charge in [-0.15, -0.1) is 0 Å². The third-order valence-corrected chi connectivity index (χ3v) is 8.79. The number of aromatic nitrogens is 1. The van der Waals surface area contributed by atoms with Crippen LogP contribution in [-0.4, -0.2) is 79.6 Å². The molecule has 41 heavy (non-hydrogen) atoms. The van der Waals surface area contributed by atoms with Crippen LogP contribution in [0.25, 0.3) is 0 Å². The van der Waals surface area contributed by atoms with Gasteiger partial charge in [-0.1, -0.05) is 12.1 Å². The maximum atomic E-state index is 13.2. The third kappa shape index (κ3) is 8.54. The number of pyridine rings is 1. The zero-order chi connectivity index (χ0) is 29.4. The molecule has 3 heterocycles. The van der Waals surface area contributed by atoms with Crippen molar-refractivity contribution < 1.29 is 33.2 Å². The number of nitrogens with one attached hydrogen (secondary N) is 2. The summed E-state index contributed by atoms with van der Waals surface area (Å²) in [6.45, 7) is 2.39. The van der Waals surface area contributed by atoms with Gasteiger partial charge >= 0.3 is 5.97 Å². The number of anilines is 1. The van der Waals surface area contributed by atoms with E-state index >= 15 is 0 Å². The highest BCUT2D eigenvalue weighted by atomic mass is 32.2. The molecule has 1 aliphatic rings. The fourth-order valence-corrected chi connectivity index (χ4v) is 6.17. The molecule has 1 unspecified atom stereocenters. The number of carbonyl (C=O) groups excluding carboxylic acids is 2. The molecule has 13 heteroatoms. The molecule has 0 saturated carbocycles. The van der Waals surface area contributed by atoms with E-state index in [0.29, 0.717) is 18.5 Å². The van der Waals surface area contributed by atoms with Crippen molar-refractivity contribution in [3.05, 3.63) is 83.1 Å². The number of aliphatic carboxylic acids is 1. The maximum Gasteiger partial charge on any atom is 0.304 e. The van der Waals surface area contributed by atoms with E-state index in [9.17, 15) is 23.7 Å². The maximum absolute atomic E-state index is 13.2. The SMILES string of the molecule is Cc1ccoc1C(=O)Nc1cccc(CCc2cncc(C(=O)N=S3(=O)CCN(C(O)NCCC(=O)O)CC3)c2)c1. The number of carboxylic acid groups (broad SMARTS) is 1. The quantitative estimate of drug-likeness (QED) is 0.245. The Hall–Kier alpha value is -3.91. The van der Waals surface area contributed by atoms with E-state index in [2.05, 4.69) is 20.0 Å². The average molecular weight is 584 g/mol. The topological polar surface area (TPSA) is 174 Å². The second-order valence-corrected chi connectivity index (χ2v) is 12.3. The minimum Gasteiger partial charge on any atom is -0.481 e. The number of hydrogen-bond acceptors (Lipinski definition) is 9. The van der Waals surface area contributed by atoms with Crippen molar-refractivity contribution in [3.63, 3.8) is 0 Å². The van der Waals surface area contributed by atoms with Crippen LogP contribution in [0.3, 0.4) is 0 Å². The number of amides is 2. The molecule has 0 bridgehead atoms. The molecule has 3 aromatic rings. The predicted octanol–water partition coefficient (Wildman–Crippen LogP) is 2.28. The summed E-state index contributed by atoms with van der Waals surface area (Å²) < 4.78 is 22.5. The average Bonchev–Trinajstić information content (AvgIpc) is 3.38. The Kier molecular flexibility index (Phi) is 10.00. The van der Waals surface area contributed by atoms with Gasteiger partial charge in [0.25, 0.3) is 11.8 Å². The Balaban J connectivity index is 1.32. The summed E-state index contributed by atoms with van der Waals surface area (Å²) in [6.07, 6.45) is 4.56. The van der Waals surface area contributed by atoms with Gasteiger partial charge in [-0.05, 0) is 55.2 Å². The lowest BCUT2D eigenvalue weighted by Gasteiger charge is -2.32. The second-order valence-electron chi connectivity index (χ2n) is 9.75. The van der Waals surface area contributed by atoms with Crippen LogP contribution in [0.15, 0.2) is 63.8 Å². The van der Waals surface area contributed by atoms with Crippen molar-refractivity contribution in [2.24, 2.45) is 4.36 Å². The third-order valence-electron chi connectivity index (χ3n) is 6.65. The van der Waals surface area contributed by atoms with E-state index < -0.39 is 28.0 Å². The summed E-state index contributed by atoms with van der Waals surface area (Å²) >= 11 is 0. The van der Waals surface area contributed by atoms with Crippen molar-refractivity contribution in [2.45, 2.75) is 32.5 Å². The Morgan fingerprint density at radius 2 is 1.88 bits per heavy atom. The molecule has 1 saturated heterocycles. The van der Waals surface area contributed by atoms with Crippen LogP contribution in [-0.2, 0) is 27.4 Å². The van der Waals surface area contributed by atoms with E-state index in [1.165, 1.54) is 12.5 Å². The predicted molar refractivity (Wildman–Crippen MR) is 152 cm³/mol. The molecule has 4 rings (SSSR count). The van der Waals surface area contributed by atoms with Crippen molar-refractivity contribution in [3.8, 4) is 0 Å². The van der Waals surface area contributed by atoms with Crippen LogP contribution in [0.2, 0.25) is 0 Å². The summed E-state index contributed by atoms with van der Waals surface area (Å²) in [5, 5.41) is 24.4. The molecular weight excluding hydrogens is 550 g/mol. The zero-order valence-corrected chi connectivity index (χ0v) is 23.4. The molecule has 4 N–H and O–H groups in total. The number of carboxylic acids is 1. The van der Waals surface area contributed by atoms with Crippen LogP contribution >= 0.6 is 0 Å². The van der Waals surface area contributed by atoms with Gasteiger partial charge < -0.3 is 19.9 Å². The Morgan fingerprint density at radius 1 is 1.12 bits per heavy atom. The van der Waals surface area contributed by atoms with Crippen molar-refractivity contribution in [1.82, 2.24) is 15.2 Å². The number of aryl methyl sites for hydroxylation is 3. The van der Waals surface area contributed by atoms with Gasteiger partial charge in [-0.3, -0.25) is 29.6 Å². The molecule has 1 atom stereocenters. The Morgan fingerprint density at radius 3 is 2.59 bits per heavy atom. The lowest BCUT2D eigenvalue weighted by molar-refractivity contribution is -0.137. The molecular formula is C28H33N5O7S. The van der Waals surface area contributed by atoms with Gasteiger partial charge in [0.2, 0.25) is 0 Å². The second kappa shape index (κ2) is 13.6. The van der Waals surface area contributed by atoms with E-state index in [0.717, 1.165) is 16.7 Å². The lowest BCUT2D eigenvalue weighted by Crippen LogP contribution is -2.52. The largest absolute Gasteiger partial charge is 0.481 e. The molecule has 2 aromatic heterocycles. The minimum atomic E-state index is -2.81. The monoisotopic (exact) mass is 583 g/mol. The first-order chi connectivity index (χ1) is 19.6. The van der Waals surface area contributed by atoms with Gasteiger partial charge in [0, 0.05) is 54.8 Å². The highest BCUT2D eigenvalue weighted by Crippen LogP contribution is 2.17. The van der Waals surface area contributed by atoms with E-state index in [1.54, 1.807) is 36.2 Å². The Bertz CT molecular complexity index is 1520. The smallest absolute Gasteiger partial charge is 0.304 e. The standard InChI is InChI=1S/C28H33N5O7S/c1-19-8-12-40-25(19)27(37)31-23-4-2-3-20(16-23)5-6-21-15-22(18-29-17-21)26(36)32-41(39)13-10-33(11-14-41)28(38)30-9-7-24(34)35/h2-4,8,12,15-18,28,30,38H,5-7,9-11,13-14H2,1H3,(H,31,37)(H,34,35). The van der Waals surface area contributed by atoms with Gasteiger partial charge in [-0.25, -0.2) is 4.21 Å². The normalized spacial score (nSPS) is 15.7. The first-order valence-electron chi connectivity index (χ1n) is 13.1. The molecule has 1 aliphatic heterocycles. The number of aliphatic hydroxyl groups is 1. The lowest BCUT2D eigenvalue weighted by atomic mass is 10.0. The van der Waals surface area contributed by atoms with Gasteiger partial charge in [0.05, 0.1) is 28.0 Å². The van der Waals surface area contributed by atoms with Crippen LogP contribution in [0.5, 0.6) is 0 Å². The van der Waals surface area contributed by atoms with Gasteiger partial charge in [0.15, 0.2) is 12.1 Å². The highest BCUT2D eigenvalue weighted by molar-refractivity contribution is 7.94. The van der Waals surface area contributed by atoms with Crippen molar-refractivity contribution in [1.29, 1.82) is 0 Å². The molecule has 2 amide bonds. The van der Waals surface area contributed by atoms with Crippen molar-refractivity contribution >= 4 is 33.2 Å². The Labute approximate surface area is 238 Å². The number of rotatable bonds is 11. The molecule has 1 fully saturated rings. The molecule has 1 aromatic carbocycles. The fourth-order valence-electron chi connectivity index (χ4n) is 4.34. The van der Waals surface area contributed by atoms with Crippen LogP contribution < -0.4 is 10.6 Å². The van der Waals surface area contributed by atoms with Crippen LogP contribution in [0, 0.1) is 6.92 Å². The van der Waals surface area contributed by atoms with Crippen LogP contribution in [0.4, 0.5) is 5.69 Å². The molecule has 218 valence electrons. The molecule has 0 aliphatic carbocycles. The van der Waals surface area contributed by atoms with Gasteiger partial charge in [-0.2, -0.15) is 4.36 Å². The van der Waals surface area contributed by atoms with E-state index in [-0.39, 0.29) is 54.8 Å². The first-order valence-corrected chi connectivity index (χ1v) is 15.0. The summed E-state index contributed by atoms with van der Waals surface area (Å²) in [4.78, 5) is 41.8. The first kappa shape index (κ1) is 30.1.